The van der Waals surface area contributed by atoms with Crippen molar-refractivity contribution in [2.75, 3.05) is 0 Å². The summed E-state index contributed by atoms with van der Waals surface area (Å²) in [6.07, 6.45) is 15.4. The van der Waals surface area contributed by atoms with Gasteiger partial charge in [0.2, 0.25) is 0 Å². The molecule has 0 unspecified atom stereocenters. The van der Waals surface area contributed by atoms with Crippen molar-refractivity contribution in [3.63, 3.8) is 0 Å². The van der Waals surface area contributed by atoms with Gasteiger partial charge in [-0.25, -0.2) is 9.97 Å². The summed E-state index contributed by atoms with van der Waals surface area (Å²) in [6, 6.07) is 3.97. The summed E-state index contributed by atoms with van der Waals surface area (Å²) in [5.74, 6) is 0.746. The van der Waals surface area contributed by atoms with Crippen LogP contribution in [0.5, 0.6) is 0 Å². The fraction of sp³-hybridized carbons (Fsp3) is 0.471. The van der Waals surface area contributed by atoms with Gasteiger partial charge in [-0.05, 0) is 25.0 Å². The Kier molecular flexibility index (Phi) is 4.83. The number of aromatic nitrogens is 3. The van der Waals surface area contributed by atoms with Gasteiger partial charge < -0.3 is 5.32 Å². The van der Waals surface area contributed by atoms with Crippen LogP contribution in [0.2, 0.25) is 0 Å². The van der Waals surface area contributed by atoms with E-state index in [1.807, 2.05) is 22.9 Å². The first-order valence-corrected chi connectivity index (χ1v) is 8.08. The Hall–Kier alpha value is -2.17. The van der Waals surface area contributed by atoms with Crippen LogP contribution in [-0.4, -0.2) is 26.5 Å². The molecule has 0 aromatic carbocycles. The van der Waals surface area contributed by atoms with Crippen molar-refractivity contribution >= 4 is 5.91 Å². The summed E-state index contributed by atoms with van der Waals surface area (Å²) in [4.78, 5) is 20.7. The average molecular weight is 298 g/mol. The number of hydrogen-bond acceptors (Lipinski definition) is 3. The largest absolute Gasteiger partial charge is 0.349 e. The topological polar surface area (TPSA) is 59.8 Å². The van der Waals surface area contributed by atoms with Crippen molar-refractivity contribution in [2.24, 2.45) is 0 Å². The number of amides is 1. The number of pyridine rings is 1. The van der Waals surface area contributed by atoms with Gasteiger partial charge in [-0.2, -0.15) is 0 Å². The summed E-state index contributed by atoms with van der Waals surface area (Å²) in [5, 5.41) is 3.16. The van der Waals surface area contributed by atoms with Crippen molar-refractivity contribution in [1.82, 2.24) is 19.9 Å². The summed E-state index contributed by atoms with van der Waals surface area (Å²) in [6.45, 7) is 0. The third-order valence-corrected chi connectivity index (χ3v) is 4.22. The monoisotopic (exact) mass is 298 g/mol. The molecule has 0 aliphatic heterocycles. The molecule has 5 heteroatoms. The molecule has 0 atom stereocenters. The average Bonchev–Trinajstić information content (AvgIpc) is 3.04. The zero-order valence-electron chi connectivity index (χ0n) is 12.7. The standard InChI is InChI=1S/C17H22N4O/c22-17(20-15-6-4-2-1-3-5-7-15)14-8-9-16(19-12-14)21-11-10-18-13-21/h8-13,15H,1-7H2,(H,20,22). The lowest BCUT2D eigenvalue weighted by atomic mass is 9.96. The Morgan fingerprint density at radius 1 is 1.14 bits per heavy atom. The second kappa shape index (κ2) is 7.20. The zero-order valence-corrected chi connectivity index (χ0v) is 12.7. The zero-order chi connectivity index (χ0) is 15.2. The first-order valence-electron chi connectivity index (χ1n) is 8.08. The van der Waals surface area contributed by atoms with E-state index in [2.05, 4.69) is 15.3 Å². The Bertz CT molecular complexity index is 584. The van der Waals surface area contributed by atoms with Crippen LogP contribution >= 0.6 is 0 Å². The maximum Gasteiger partial charge on any atom is 0.253 e. The molecule has 0 radical (unpaired) electrons. The molecule has 1 aliphatic carbocycles. The van der Waals surface area contributed by atoms with Crippen molar-refractivity contribution in [2.45, 2.75) is 51.0 Å². The van der Waals surface area contributed by atoms with Crippen molar-refractivity contribution in [3.05, 3.63) is 42.6 Å². The Balaban J connectivity index is 1.62. The first-order chi connectivity index (χ1) is 10.8. The van der Waals surface area contributed by atoms with Crippen LogP contribution < -0.4 is 5.32 Å². The quantitative estimate of drug-likeness (QED) is 0.947. The number of nitrogens with one attached hydrogen (secondary N) is 1. The molecular weight excluding hydrogens is 276 g/mol. The van der Waals surface area contributed by atoms with Crippen LogP contribution in [0.3, 0.4) is 0 Å². The van der Waals surface area contributed by atoms with E-state index < -0.39 is 0 Å². The maximum absolute atomic E-state index is 12.3. The first kappa shape index (κ1) is 14.8. The summed E-state index contributed by atoms with van der Waals surface area (Å²) in [5.41, 5.74) is 0.617. The van der Waals surface area contributed by atoms with Gasteiger partial charge in [-0.15, -0.1) is 0 Å². The van der Waals surface area contributed by atoms with Gasteiger partial charge in [0.05, 0.1) is 5.56 Å². The number of carbonyl (C=O) groups excluding carboxylic acids is 1. The fourth-order valence-corrected chi connectivity index (χ4v) is 2.94. The van der Waals surface area contributed by atoms with E-state index in [9.17, 15) is 4.79 Å². The van der Waals surface area contributed by atoms with Crippen molar-refractivity contribution in [3.8, 4) is 5.82 Å². The van der Waals surface area contributed by atoms with Gasteiger partial charge >= 0.3 is 0 Å². The predicted octanol–water partition coefficient (Wildman–Crippen LogP) is 3.11. The molecule has 0 saturated heterocycles. The van der Waals surface area contributed by atoms with Crippen LogP contribution in [0.25, 0.3) is 5.82 Å². The minimum absolute atomic E-state index is 0.0183. The number of nitrogens with zero attached hydrogens (tertiary/aromatic N) is 3. The van der Waals surface area contributed by atoms with Gasteiger partial charge in [0.1, 0.15) is 12.1 Å². The molecule has 1 saturated carbocycles. The Labute approximate surface area is 130 Å². The van der Waals surface area contributed by atoms with Gasteiger partial charge in [0.25, 0.3) is 5.91 Å². The van der Waals surface area contributed by atoms with Crippen molar-refractivity contribution in [1.29, 1.82) is 0 Å². The van der Waals surface area contributed by atoms with Crippen LogP contribution in [0, 0.1) is 0 Å². The van der Waals surface area contributed by atoms with Crippen LogP contribution in [0.1, 0.15) is 55.3 Å². The second-order valence-corrected chi connectivity index (χ2v) is 5.89. The lowest BCUT2D eigenvalue weighted by Crippen LogP contribution is -2.35. The number of rotatable bonds is 3. The van der Waals surface area contributed by atoms with Gasteiger partial charge in [0.15, 0.2) is 0 Å². The van der Waals surface area contributed by atoms with E-state index in [0.717, 1.165) is 18.7 Å². The Morgan fingerprint density at radius 3 is 2.55 bits per heavy atom. The summed E-state index contributed by atoms with van der Waals surface area (Å²) < 4.78 is 1.82. The van der Waals surface area contributed by atoms with Gasteiger partial charge in [-0.1, -0.05) is 32.1 Å². The highest BCUT2D eigenvalue weighted by molar-refractivity contribution is 5.94. The highest BCUT2D eigenvalue weighted by Crippen LogP contribution is 2.17. The molecular formula is C17H22N4O. The highest BCUT2D eigenvalue weighted by Gasteiger charge is 2.15. The minimum Gasteiger partial charge on any atom is -0.349 e. The molecule has 2 aromatic rings. The smallest absolute Gasteiger partial charge is 0.253 e. The minimum atomic E-state index is -0.0183. The van der Waals surface area contributed by atoms with E-state index >= 15 is 0 Å². The van der Waals surface area contributed by atoms with E-state index in [0.29, 0.717) is 11.6 Å². The molecule has 0 bridgehead atoms. The van der Waals surface area contributed by atoms with Gasteiger partial charge in [-0.3, -0.25) is 9.36 Å². The molecule has 1 fully saturated rings. The van der Waals surface area contributed by atoms with Crippen LogP contribution in [0.15, 0.2) is 37.1 Å². The van der Waals surface area contributed by atoms with E-state index in [4.69, 9.17) is 0 Å². The van der Waals surface area contributed by atoms with E-state index in [1.165, 1.54) is 32.1 Å². The van der Waals surface area contributed by atoms with Gasteiger partial charge in [0, 0.05) is 24.6 Å². The molecule has 2 heterocycles. The second-order valence-electron chi connectivity index (χ2n) is 5.89. The van der Waals surface area contributed by atoms with Crippen LogP contribution in [-0.2, 0) is 0 Å². The molecule has 0 spiro atoms. The molecule has 1 N–H and O–H groups in total. The summed E-state index contributed by atoms with van der Waals surface area (Å²) in [7, 11) is 0. The number of carbonyl (C=O) groups is 1. The molecule has 1 amide bonds. The molecule has 1 aliphatic rings. The predicted molar refractivity (Wildman–Crippen MR) is 84.9 cm³/mol. The Morgan fingerprint density at radius 2 is 1.91 bits per heavy atom. The number of hydrogen-bond donors (Lipinski definition) is 1. The summed E-state index contributed by atoms with van der Waals surface area (Å²) >= 11 is 0. The lowest BCUT2D eigenvalue weighted by molar-refractivity contribution is 0.0930. The maximum atomic E-state index is 12.3. The van der Waals surface area contributed by atoms with E-state index in [-0.39, 0.29) is 5.91 Å². The molecule has 116 valence electrons. The third kappa shape index (κ3) is 3.72. The number of imidazole rings is 1. The lowest BCUT2D eigenvalue weighted by Gasteiger charge is -2.21. The third-order valence-electron chi connectivity index (χ3n) is 4.22. The molecule has 3 rings (SSSR count). The van der Waals surface area contributed by atoms with Crippen molar-refractivity contribution < 1.29 is 4.79 Å². The fourth-order valence-electron chi connectivity index (χ4n) is 2.94. The SMILES string of the molecule is O=C(NC1CCCCCCC1)c1ccc(-n2ccnc2)nc1. The highest BCUT2D eigenvalue weighted by atomic mass is 16.1. The normalized spacial score (nSPS) is 16.7. The molecule has 2 aromatic heterocycles. The van der Waals surface area contributed by atoms with E-state index in [1.54, 1.807) is 18.7 Å². The van der Waals surface area contributed by atoms with Crippen LogP contribution in [0.4, 0.5) is 0 Å². The molecule has 22 heavy (non-hydrogen) atoms. The molecule has 5 nitrogen and oxygen atoms in total.